The second kappa shape index (κ2) is 11.6. The number of carbonyl (C=O) groups is 2. The van der Waals surface area contributed by atoms with Crippen molar-refractivity contribution in [1.82, 2.24) is 10.2 Å². The van der Waals surface area contributed by atoms with Crippen molar-refractivity contribution in [3.05, 3.63) is 53.6 Å². The minimum absolute atomic E-state index is 0.275. The third-order valence-electron chi connectivity index (χ3n) is 5.07. The molecule has 0 bridgehead atoms. The summed E-state index contributed by atoms with van der Waals surface area (Å²) in [5.74, 6) is -0.308. The summed E-state index contributed by atoms with van der Waals surface area (Å²) in [6.07, 6.45) is -4.60. The molecule has 3 N–H and O–H groups in total. The van der Waals surface area contributed by atoms with Crippen LogP contribution >= 0.6 is 0 Å². The first-order chi connectivity index (χ1) is 15.6. The Labute approximate surface area is 191 Å². The fraction of sp³-hybridized carbons (Fsp3) is 0.391. The third kappa shape index (κ3) is 7.38. The molecule has 0 heterocycles. The predicted octanol–water partition coefficient (Wildman–Crippen LogP) is 4.49. The van der Waals surface area contributed by atoms with Crippen LogP contribution in [0.1, 0.15) is 29.8 Å². The number of benzene rings is 2. The van der Waals surface area contributed by atoms with Crippen molar-refractivity contribution >= 4 is 29.0 Å². The number of rotatable bonds is 9. The average molecular weight is 466 g/mol. The lowest BCUT2D eigenvalue weighted by atomic mass is 10.1. The minimum Gasteiger partial charge on any atom is -0.377 e. The number of likely N-dealkylation sites (N-methyl/N-ethyl adjacent to an activating group) is 1. The Morgan fingerprint density at radius 1 is 0.970 bits per heavy atom. The molecule has 0 atom stereocenters. The normalized spacial score (nSPS) is 11.3. The molecule has 2 rings (SSSR count). The quantitative estimate of drug-likeness (QED) is 0.510. The number of nitrogens with zero attached hydrogens (tertiary/aromatic N) is 2. The number of amides is 3. The molecule has 0 aliphatic rings. The lowest BCUT2D eigenvalue weighted by molar-refractivity contribution is -0.136. The van der Waals surface area contributed by atoms with E-state index < -0.39 is 17.8 Å². The maximum absolute atomic E-state index is 13.2. The van der Waals surface area contributed by atoms with Gasteiger partial charge in [0.05, 0.1) is 16.8 Å². The summed E-state index contributed by atoms with van der Waals surface area (Å²) in [4.78, 5) is 29.1. The van der Waals surface area contributed by atoms with Crippen molar-refractivity contribution in [2.75, 3.05) is 55.8 Å². The van der Waals surface area contributed by atoms with E-state index in [0.29, 0.717) is 24.3 Å². The van der Waals surface area contributed by atoms with Gasteiger partial charge in [0.15, 0.2) is 0 Å². The lowest BCUT2D eigenvalue weighted by Gasteiger charge is -2.20. The van der Waals surface area contributed by atoms with Gasteiger partial charge in [0, 0.05) is 38.6 Å². The fourth-order valence-corrected chi connectivity index (χ4v) is 3.27. The molecule has 2 aromatic rings. The van der Waals surface area contributed by atoms with E-state index in [9.17, 15) is 22.8 Å². The summed E-state index contributed by atoms with van der Waals surface area (Å²) in [5, 5.41) is 7.60. The number of hydrogen-bond acceptors (Lipinski definition) is 4. The number of para-hydroxylation sites is 1. The SMILES string of the molecule is CCN(CC)CCNC(=O)c1cc(NC(=O)Nc2ccccc2C(F)(F)F)ccc1N(C)C. The molecular formula is C23H30F3N5O2. The first kappa shape index (κ1) is 26.0. The van der Waals surface area contributed by atoms with Crippen LogP contribution in [0.15, 0.2) is 42.5 Å². The van der Waals surface area contributed by atoms with E-state index in [1.54, 1.807) is 31.1 Å². The van der Waals surface area contributed by atoms with E-state index in [-0.39, 0.29) is 17.3 Å². The van der Waals surface area contributed by atoms with Gasteiger partial charge in [-0.1, -0.05) is 26.0 Å². The molecule has 0 aliphatic heterocycles. The second-order valence-corrected chi connectivity index (χ2v) is 7.53. The molecule has 0 aromatic heterocycles. The maximum Gasteiger partial charge on any atom is 0.418 e. The Balaban J connectivity index is 2.15. The van der Waals surface area contributed by atoms with Crippen molar-refractivity contribution in [3.63, 3.8) is 0 Å². The monoisotopic (exact) mass is 465 g/mol. The van der Waals surface area contributed by atoms with Crippen LogP contribution in [0, 0.1) is 0 Å². The Kier molecular flexibility index (Phi) is 9.10. The number of hydrogen-bond donors (Lipinski definition) is 3. The number of anilines is 3. The Morgan fingerprint density at radius 3 is 2.24 bits per heavy atom. The zero-order valence-corrected chi connectivity index (χ0v) is 19.2. The zero-order valence-electron chi connectivity index (χ0n) is 19.2. The van der Waals surface area contributed by atoms with E-state index in [4.69, 9.17) is 0 Å². The fourth-order valence-electron chi connectivity index (χ4n) is 3.27. The third-order valence-corrected chi connectivity index (χ3v) is 5.07. The lowest BCUT2D eigenvalue weighted by Crippen LogP contribution is -2.35. The molecule has 33 heavy (non-hydrogen) atoms. The molecule has 0 aliphatic carbocycles. The predicted molar refractivity (Wildman–Crippen MR) is 125 cm³/mol. The van der Waals surface area contributed by atoms with E-state index in [0.717, 1.165) is 19.2 Å². The van der Waals surface area contributed by atoms with Crippen LogP contribution in [0.2, 0.25) is 0 Å². The minimum atomic E-state index is -4.60. The highest BCUT2D eigenvalue weighted by atomic mass is 19.4. The van der Waals surface area contributed by atoms with Crippen LogP contribution in [0.25, 0.3) is 0 Å². The van der Waals surface area contributed by atoms with Crippen molar-refractivity contribution in [2.45, 2.75) is 20.0 Å². The Hall–Kier alpha value is -3.27. The standard InChI is InChI=1S/C23H30F3N5O2/c1-5-31(6-2)14-13-27-21(32)17-15-16(11-12-20(17)30(3)4)28-22(33)29-19-10-8-7-9-18(19)23(24,25)26/h7-12,15H,5-6,13-14H2,1-4H3,(H,27,32)(H2,28,29,33). The summed E-state index contributed by atoms with van der Waals surface area (Å²) >= 11 is 0. The number of halogens is 3. The summed E-state index contributed by atoms with van der Waals surface area (Å²) in [6.45, 7) is 7.00. The van der Waals surface area contributed by atoms with Crippen molar-refractivity contribution in [3.8, 4) is 0 Å². The molecule has 7 nitrogen and oxygen atoms in total. The van der Waals surface area contributed by atoms with Crippen LogP contribution in [-0.4, -0.2) is 57.1 Å². The van der Waals surface area contributed by atoms with Gasteiger partial charge in [-0.05, 0) is 43.4 Å². The van der Waals surface area contributed by atoms with Crippen LogP contribution in [0.3, 0.4) is 0 Å². The molecule has 0 fully saturated rings. The molecule has 2 aromatic carbocycles. The van der Waals surface area contributed by atoms with Gasteiger partial charge < -0.3 is 25.8 Å². The second-order valence-electron chi connectivity index (χ2n) is 7.53. The molecule has 0 spiro atoms. The number of nitrogens with one attached hydrogen (secondary N) is 3. The first-order valence-electron chi connectivity index (χ1n) is 10.6. The molecule has 0 radical (unpaired) electrons. The maximum atomic E-state index is 13.2. The highest BCUT2D eigenvalue weighted by molar-refractivity contribution is 6.04. The zero-order chi connectivity index (χ0) is 24.6. The largest absolute Gasteiger partial charge is 0.418 e. The summed E-state index contributed by atoms with van der Waals surface area (Å²) < 4.78 is 39.5. The summed E-state index contributed by atoms with van der Waals surface area (Å²) in [7, 11) is 3.58. The molecular weight excluding hydrogens is 435 g/mol. The van der Waals surface area contributed by atoms with Gasteiger partial charge in [-0.3, -0.25) is 4.79 Å². The van der Waals surface area contributed by atoms with E-state index in [1.165, 1.54) is 24.3 Å². The number of alkyl halides is 3. The number of urea groups is 1. The van der Waals surface area contributed by atoms with Gasteiger partial charge in [-0.25, -0.2) is 4.79 Å². The van der Waals surface area contributed by atoms with Gasteiger partial charge in [-0.15, -0.1) is 0 Å². The molecule has 0 unspecified atom stereocenters. The molecule has 0 saturated carbocycles. The van der Waals surface area contributed by atoms with Gasteiger partial charge in [0.25, 0.3) is 5.91 Å². The van der Waals surface area contributed by atoms with E-state index >= 15 is 0 Å². The Morgan fingerprint density at radius 2 is 1.64 bits per heavy atom. The van der Waals surface area contributed by atoms with Gasteiger partial charge in [-0.2, -0.15) is 13.2 Å². The van der Waals surface area contributed by atoms with Crippen LogP contribution in [0.4, 0.5) is 35.0 Å². The highest BCUT2D eigenvalue weighted by Gasteiger charge is 2.33. The van der Waals surface area contributed by atoms with Gasteiger partial charge in [0.1, 0.15) is 0 Å². The van der Waals surface area contributed by atoms with Crippen molar-refractivity contribution < 1.29 is 22.8 Å². The molecule has 10 heteroatoms. The van der Waals surface area contributed by atoms with Gasteiger partial charge in [0.2, 0.25) is 0 Å². The van der Waals surface area contributed by atoms with E-state index in [2.05, 4.69) is 20.9 Å². The average Bonchev–Trinajstić information content (AvgIpc) is 2.76. The first-order valence-corrected chi connectivity index (χ1v) is 10.6. The molecule has 0 saturated heterocycles. The van der Waals surface area contributed by atoms with Gasteiger partial charge >= 0.3 is 12.2 Å². The summed E-state index contributed by atoms with van der Waals surface area (Å²) in [5.41, 5.74) is -0.0496. The van der Waals surface area contributed by atoms with Crippen LogP contribution in [0.5, 0.6) is 0 Å². The van der Waals surface area contributed by atoms with Crippen molar-refractivity contribution in [1.29, 1.82) is 0 Å². The smallest absolute Gasteiger partial charge is 0.377 e. The summed E-state index contributed by atoms with van der Waals surface area (Å²) in [6, 6.07) is 8.60. The highest BCUT2D eigenvalue weighted by Crippen LogP contribution is 2.34. The topological polar surface area (TPSA) is 76.7 Å². The molecule has 180 valence electrons. The Bertz CT molecular complexity index is 959. The van der Waals surface area contributed by atoms with Crippen LogP contribution < -0.4 is 20.9 Å². The van der Waals surface area contributed by atoms with Crippen LogP contribution in [-0.2, 0) is 6.18 Å². The van der Waals surface area contributed by atoms with E-state index in [1.807, 2.05) is 13.8 Å². The van der Waals surface area contributed by atoms with Crippen molar-refractivity contribution in [2.24, 2.45) is 0 Å². The molecule has 3 amide bonds. The number of carbonyl (C=O) groups excluding carboxylic acids is 2.